The number of hydrogen-bond donors (Lipinski definition) is 3. The molecule has 2 fully saturated rings. The number of nitrogens with zero attached hydrogens (tertiary/aromatic N) is 5. The van der Waals surface area contributed by atoms with Crippen molar-refractivity contribution in [1.29, 1.82) is 0 Å². The second-order valence-electron chi connectivity index (χ2n) is 8.96. The Hall–Kier alpha value is -3.76. The molecule has 180 valence electrons. The van der Waals surface area contributed by atoms with Crippen LogP contribution in [0.3, 0.4) is 0 Å². The number of aromatic amines is 1. The monoisotopic (exact) mass is 472 g/mol. The molecule has 2 aliphatic rings. The van der Waals surface area contributed by atoms with Crippen LogP contribution in [0.2, 0.25) is 0 Å². The van der Waals surface area contributed by atoms with Gasteiger partial charge in [0.1, 0.15) is 11.5 Å². The van der Waals surface area contributed by atoms with Crippen LogP contribution in [0.1, 0.15) is 35.9 Å². The molecule has 4 heterocycles. The van der Waals surface area contributed by atoms with E-state index in [9.17, 15) is 0 Å². The Kier molecular flexibility index (Phi) is 6.12. The van der Waals surface area contributed by atoms with E-state index in [1.165, 1.54) is 18.5 Å². The van der Waals surface area contributed by atoms with Crippen molar-refractivity contribution in [3.05, 3.63) is 65.7 Å². The summed E-state index contributed by atoms with van der Waals surface area (Å²) in [7, 11) is 0. The minimum absolute atomic E-state index is 0.425. The third-order valence-electron chi connectivity index (χ3n) is 6.19. The number of benzene rings is 1. The fourth-order valence-electron chi connectivity index (χ4n) is 4.15. The summed E-state index contributed by atoms with van der Waals surface area (Å²) in [6.45, 7) is 4.42. The van der Waals surface area contributed by atoms with E-state index in [0.29, 0.717) is 30.0 Å². The van der Waals surface area contributed by atoms with Crippen molar-refractivity contribution < 1.29 is 9.26 Å². The Balaban J connectivity index is 1.18. The molecule has 10 heteroatoms. The van der Waals surface area contributed by atoms with Gasteiger partial charge >= 0.3 is 0 Å². The molecule has 0 amide bonds. The lowest BCUT2D eigenvalue weighted by molar-refractivity contribution is 0.0336. The number of morpholine rings is 1. The zero-order chi connectivity index (χ0) is 23.5. The predicted molar refractivity (Wildman–Crippen MR) is 131 cm³/mol. The minimum Gasteiger partial charge on any atom is -0.379 e. The van der Waals surface area contributed by atoms with Gasteiger partial charge in [0, 0.05) is 55.0 Å². The number of hydrogen-bond acceptors (Lipinski definition) is 9. The molecular weight excluding hydrogens is 444 g/mol. The van der Waals surface area contributed by atoms with Gasteiger partial charge in [0.25, 0.3) is 0 Å². The second-order valence-corrected chi connectivity index (χ2v) is 8.96. The van der Waals surface area contributed by atoms with E-state index in [1.54, 1.807) is 0 Å². The van der Waals surface area contributed by atoms with Crippen LogP contribution >= 0.6 is 0 Å². The van der Waals surface area contributed by atoms with Crippen molar-refractivity contribution in [3.8, 4) is 11.3 Å². The Labute approximate surface area is 203 Å². The van der Waals surface area contributed by atoms with Gasteiger partial charge in [0.05, 0.1) is 25.5 Å². The van der Waals surface area contributed by atoms with Gasteiger partial charge in [-0.2, -0.15) is 10.1 Å². The summed E-state index contributed by atoms with van der Waals surface area (Å²) in [5.74, 6) is 3.30. The predicted octanol–water partition coefficient (Wildman–Crippen LogP) is 3.92. The molecule has 1 saturated carbocycles. The molecule has 0 unspecified atom stereocenters. The van der Waals surface area contributed by atoms with Crippen molar-refractivity contribution in [2.24, 2.45) is 0 Å². The van der Waals surface area contributed by atoms with Gasteiger partial charge in [-0.1, -0.05) is 35.5 Å². The molecule has 4 aromatic rings. The van der Waals surface area contributed by atoms with Gasteiger partial charge in [-0.3, -0.25) is 10.00 Å². The van der Waals surface area contributed by atoms with E-state index in [0.717, 1.165) is 55.6 Å². The van der Waals surface area contributed by atoms with Crippen molar-refractivity contribution in [1.82, 2.24) is 30.2 Å². The van der Waals surface area contributed by atoms with Gasteiger partial charge in [0.15, 0.2) is 11.6 Å². The summed E-state index contributed by atoms with van der Waals surface area (Å²) < 4.78 is 11.0. The highest BCUT2D eigenvalue weighted by Crippen LogP contribution is 2.39. The molecule has 3 N–H and O–H groups in total. The molecule has 6 rings (SSSR count). The normalized spacial score (nSPS) is 16.3. The summed E-state index contributed by atoms with van der Waals surface area (Å²) >= 11 is 0. The quantitative estimate of drug-likeness (QED) is 0.333. The Morgan fingerprint density at radius 3 is 2.69 bits per heavy atom. The van der Waals surface area contributed by atoms with E-state index in [4.69, 9.17) is 14.2 Å². The van der Waals surface area contributed by atoms with Crippen LogP contribution in [0.25, 0.3) is 11.3 Å². The average molecular weight is 473 g/mol. The highest BCUT2D eigenvalue weighted by molar-refractivity contribution is 5.58. The summed E-state index contributed by atoms with van der Waals surface area (Å²) in [5, 5.41) is 18.4. The number of ether oxygens (including phenoxy) is 1. The SMILES string of the molecule is c1ccc(-c2cc(CNc3nc(CN4CCOCC4)cc(Nc4cc(C5CC5)[nH]n4)n3)on2)cc1. The van der Waals surface area contributed by atoms with Crippen LogP contribution < -0.4 is 10.6 Å². The molecule has 0 bridgehead atoms. The number of anilines is 3. The first-order valence-electron chi connectivity index (χ1n) is 12.0. The molecule has 10 nitrogen and oxygen atoms in total. The van der Waals surface area contributed by atoms with E-state index >= 15 is 0 Å². The van der Waals surface area contributed by atoms with E-state index in [-0.39, 0.29) is 0 Å². The molecule has 1 aliphatic carbocycles. The van der Waals surface area contributed by atoms with Crippen LogP contribution in [0, 0.1) is 0 Å². The summed E-state index contributed by atoms with van der Waals surface area (Å²) in [4.78, 5) is 11.8. The van der Waals surface area contributed by atoms with Crippen molar-refractivity contribution in [2.45, 2.75) is 31.8 Å². The maximum absolute atomic E-state index is 5.53. The largest absolute Gasteiger partial charge is 0.379 e. The van der Waals surface area contributed by atoms with Crippen molar-refractivity contribution in [3.63, 3.8) is 0 Å². The van der Waals surface area contributed by atoms with Gasteiger partial charge < -0.3 is 19.9 Å². The number of aromatic nitrogens is 5. The zero-order valence-corrected chi connectivity index (χ0v) is 19.4. The number of rotatable bonds is 9. The van der Waals surface area contributed by atoms with Gasteiger partial charge in [-0.15, -0.1) is 0 Å². The molecule has 0 spiro atoms. The molecule has 1 aliphatic heterocycles. The minimum atomic E-state index is 0.425. The molecule has 1 saturated heterocycles. The van der Waals surface area contributed by atoms with Gasteiger partial charge in [-0.05, 0) is 12.8 Å². The zero-order valence-electron chi connectivity index (χ0n) is 19.4. The summed E-state index contributed by atoms with van der Waals surface area (Å²) in [6, 6.07) is 15.9. The Bertz CT molecular complexity index is 1260. The Morgan fingerprint density at radius 2 is 1.86 bits per heavy atom. The number of H-pyrrole nitrogens is 1. The highest BCUT2D eigenvalue weighted by Gasteiger charge is 2.25. The first-order valence-corrected chi connectivity index (χ1v) is 12.0. The van der Waals surface area contributed by atoms with Gasteiger partial charge in [0.2, 0.25) is 5.95 Å². The summed E-state index contributed by atoms with van der Waals surface area (Å²) in [5.41, 5.74) is 3.92. The maximum atomic E-state index is 5.53. The molecule has 0 radical (unpaired) electrons. The van der Waals surface area contributed by atoms with Crippen LogP contribution in [-0.4, -0.2) is 56.5 Å². The standard InChI is InChI=1S/C25H28N8O2/c1-2-4-17(5-3-1)22-13-20(35-32-22)15-26-25-27-19(16-33-8-10-34-11-9-33)12-23(29-25)28-24-14-21(30-31-24)18-6-7-18/h1-5,12-14,18H,6-11,15-16H2,(H3,26,27,28,29,30,31). The van der Waals surface area contributed by atoms with E-state index in [2.05, 4.69) is 41.9 Å². The smallest absolute Gasteiger partial charge is 0.225 e. The van der Waals surface area contributed by atoms with Crippen LogP contribution in [0.4, 0.5) is 17.6 Å². The summed E-state index contributed by atoms with van der Waals surface area (Å²) in [6.07, 6.45) is 2.45. The third-order valence-corrected chi connectivity index (χ3v) is 6.19. The molecule has 3 aromatic heterocycles. The fraction of sp³-hybridized carbons (Fsp3) is 0.360. The van der Waals surface area contributed by atoms with Crippen LogP contribution in [0.5, 0.6) is 0 Å². The van der Waals surface area contributed by atoms with E-state index in [1.807, 2.05) is 42.5 Å². The first-order chi connectivity index (χ1) is 17.3. The lowest BCUT2D eigenvalue weighted by Gasteiger charge is -2.26. The third kappa shape index (κ3) is 5.50. The topological polar surface area (TPSA) is 117 Å². The van der Waals surface area contributed by atoms with E-state index < -0.39 is 0 Å². The van der Waals surface area contributed by atoms with Gasteiger partial charge in [-0.25, -0.2) is 4.98 Å². The molecule has 0 atom stereocenters. The van der Waals surface area contributed by atoms with Crippen molar-refractivity contribution >= 4 is 17.6 Å². The first kappa shape index (κ1) is 21.8. The molecular formula is C25H28N8O2. The highest BCUT2D eigenvalue weighted by atomic mass is 16.5. The average Bonchev–Trinajstić information content (AvgIpc) is 3.45. The fourth-order valence-corrected chi connectivity index (χ4v) is 4.15. The number of nitrogens with one attached hydrogen (secondary N) is 3. The van der Waals surface area contributed by atoms with Crippen molar-refractivity contribution in [2.75, 3.05) is 36.9 Å². The maximum Gasteiger partial charge on any atom is 0.225 e. The Morgan fingerprint density at radius 1 is 1.00 bits per heavy atom. The molecule has 35 heavy (non-hydrogen) atoms. The van der Waals surface area contributed by atoms with Crippen LogP contribution in [-0.2, 0) is 17.8 Å². The lowest BCUT2D eigenvalue weighted by atomic mass is 10.1. The molecule has 1 aromatic carbocycles. The second kappa shape index (κ2) is 9.85. The van der Waals surface area contributed by atoms with Crippen LogP contribution in [0.15, 0.2) is 53.1 Å². The lowest BCUT2D eigenvalue weighted by Crippen LogP contribution is -2.36.